The molecule has 1 heterocycles. The van der Waals surface area contributed by atoms with Gasteiger partial charge in [0.1, 0.15) is 17.7 Å². The number of guanidine groups is 1. The highest BCUT2D eigenvalue weighted by atomic mass is 127. The van der Waals surface area contributed by atoms with Crippen molar-refractivity contribution in [1.82, 2.24) is 15.8 Å². The number of aryl methyl sites for hydroxylation is 1. The molecule has 0 fully saturated rings. The third kappa shape index (κ3) is 7.50. The first-order valence-electron chi connectivity index (χ1n) is 7.50. The average Bonchev–Trinajstić information content (AvgIpc) is 3.07. The third-order valence-corrected chi connectivity index (χ3v) is 3.21. The Morgan fingerprint density at radius 3 is 2.58 bits per heavy atom. The molecule has 0 radical (unpaired) electrons. The average molecular weight is 484 g/mol. The van der Waals surface area contributed by atoms with Gasteiger partial charge in [-0.25, -0.2) is 0 Å². The van der Waals surface area contributed by atoms with Crippen LogP contribution in [0.15, 0.2) is 40.0 Å². The molecule has 144 valence electrons. The first kappa shape index (κ1) is 22.1. The third-order valence-electron chi connectivity index (χ3n) is 3.21. The first-order valence-corrected chi connectivity index (χ1v) is 7.50. The molecule has 6 nitrogen and oxygen atoms in total. The van der Waals surface area contributed by atoms with Crippen LogP contribution >= 0.6 is 24.0 Å². The topological polar surface area (TPSA) is 71.7 Å². The maximum absolute atomic E-state index is 12.4. The Labute approximate surface area is 166 Å². The number of halogens is 4. The Hall–Kier alpha value is -1.98. The summed E-state index contributed by atoms with van der Waals surface area (Å²) in [7, 11) is 1.59. The summed E-state index contributed by atoms with van der Waals surface area (Å²) in [5.41, 5.74) is 2.11. The van der Waals surface area contributed by atoms with Crippen LogP contribution in [-0.4, -0.2) is 30.9 Å². The molecular formula is C16H20F3IN4O2. The summed E-state index contributed by atoms with van der Waals surface area (Å²) in [5.74, 6) is 0.669. The van der Waals surface area contributed by atoms with Crippen molar-refractivity contribution in [3.05, 3.63) is 47.3 Å². The smallest absolute Gasteiger partial charge is 0.422 e. The predicted octanol–water partition coefficient (Wildman–Crippen LogP) is 3.41. The predicted molar refractivity (Wildman–Crippen MR) is 102 cm³/mol. The van der Waals surface area contributed by atoms with Gasteiger partial charge in [0.2, 0.25) is 0 Å². The molecule has 1 aromatic heterocycles. The molecule has 0 saturated carbocycles. The number of aromatic nitrogens is 1. The molecule has 0 unspecified atom stereocenters. The van der Waals surface area contributed by atoms with Crippen LogP contribution in [-0.2, 0) is 13.1 Å². The molecule has 1 aromatic carbocycles. The minimum absolute atomic E-state index is 0. The molecule has 2 rings (SSSR count). The molecule has 10 heteroatoms. The van der Waals surface area contributed by atoms with Crippen LogP contribution in [0.5, 0.6) is 5.75 Å². The summed E-state index contributed by atoms with van der Waals surface area (Å²) in [4.78, 5) is 4.05. The van der Waals surface area contributed by atoms with E-state index in [4.69, 9.17) is 9.26 Å². The minimum atomic E-state index is -4.39. The Kier molecular flexibility index (Phi) is 8.69. The molecule has 0 aliphatic rings. The standard InChI is InChI=1S/C16H19F3N4O2.HI/c1-11-3-4-12(14(7-11)24-10-16(17,18)19)8-21-15(20-2)22-9-13-5-6-25-23-13;/h3-7H,8-10H2,1-2H3,(H2,20,21,22);1H. The number of alkyl halides is 3. The van der Waals surface area contributed by atoms with E-state index in [0.29, 0.717) is 23.8 Å². The van der Waals surface area contributed by atoms with Gasteiger partial charge in [-0.05, 0) is 18.6 Å². The van der Waals surface area contributed by atoms with Gasteiger partial charge in [0, 0.05) is 25.2 Å². The first-order chi connectivity index (χ1) is 11.9. The van der Waals surface area contributed by atoms with Gasteiger partial charge in [-0.2, -0.15) is 13.2 Å². The van der Waals surface area contributed by atoms with Crippen molar-refractivity contribution in [2.75, 3.05) is 13.7 Å². The van der Waals surface area contributed by atoms with Crippen molar-refractivity contribution in [3.8, 4) is 5.75 Å². The SMILES string of the molecule is CN=C(NCc1ccon1)NCc1ccc(C)cc1OCC(F)(F)F.I. The summed E-state index contributed by atoms with van der Waals surface area (Å²) in [5, 5.41) is 9.81. The summed E-state index contributed by atoms with van der Waals surface area (Å²) in [6.45, 7) is 1.12. The van der Waals surface area contributed by atoms with Crippen molar-refractivity contribution in [2.24, 2.45) is 4.99 Å². The molecule has 0 amide bonds. The fourth-order valence-electron chi connectivity index (χ4n) is 2.00. The molecule has 0 spiro atoms. The second kappa shape index (κ2) is 10.2. The van der Waals surface area contributed by atoms with Gasteiger partial charge >= 0.3 is 6.18 Å². The zero-order valence-electron chi connectivity index (χ0n) is 14.3. The number of hydrogen-bond acceptors (Lipinski definition) is 4. The monoisotopic (exact) mass is 484 g/mol. The van der Waals surface area contributed by atoms with Crippen molar-refractivity contribution in [1.29, 1.82) is 0 Å². The fourth-order valence-corrected chi connectivity index (χ4v) is 2.00. The lowest BCUT2D eigenvalue weighted by Crippen LogP contribution is -2.36. The zero-order valence-corrected chi connectivity index (χ0v) is 16.6. The Morgan fingerprint density at radius 1 is 1.23 bits per heavy atom. The van der Waals surface area contributed by atoms with Crippen LogP contribution in [0.3, 0.4) is 0 Å². The van der Waals surface area contributed by atoms with Gasteiger partial charge in [-0.15, -0.1) is 24.0 Å². The van der Waals surface area contributed by atoms with E-state index in [1.807, 2.05) is 6.07 Å². The van der Waals surface area contributed by atoms with Gasteiger partial charge in [-0.3, -0.25) is 4.99 Å². The van der Waals surface area contributed by atoms with Crippen molar-refractivity contribution in [3.63, 3.8) is 0 Å². The summed E-state index contributed by atoms with van der Waals surface area (Å²) < 4.78 is 46.8. The molecule has 2 aromatic rings. The summed E-state index contributed by atoms with van der Waals surface area (Å²) in [6, 6.07) is 6.82. The highest BCUT2D eigenvalue weighted by Gasteiger charge is 2.28. The lowest BCUT2D eigenvalue weighted by atomic mass is 10.1. The molecule has 0 saturated heterocycles. The van der Waals surface area contributed by atoms with Gasteiger partial charge in [-0.1, -0.05) is 17.3 Å². The zero-order chi connectivity index (χ0) is 18.3. The van der Waals surface area contributed by atoms with Crippen molar-refractivity contribution < 1.29 is 22.4 Å². The molecule has 0 aliphatic carbocycles. The molecule has 0 atom stereocenters. The second-order valence-electron chi connectivity index (χ2n) is 5.29. The van der Waals surface area contributed by atoms with E-state index in [-0.39, 0.29) is 36.3 Å². The Morgan fingerprint density at radius 2 is 1.96 bits per heavy atom. The summed E-state index contributed by atoms with van der Waals surface area (Å²) in [6.07, 6.45) is -2.92. The lowest BCUT2D eigenvalue weighted by molar-refractivity contribution is -0.153. The van der Waals surface area contributed by atoms with E-state index in [2.05, 4.69) is 20.8 Å². The van der Waals surface area contributed by atoms with Gasteiger partial charge < -0.3 is 19.9 Å². The van der Waals surface area contributed by atoms with Crippen LogP contribution in [0.4, 0.5) is 13.2 Å². The van der Waals surface area contributed by atoms with Crippen LogP contribution in [0.1, 0.15) is 16.8 Å². The largest absolute Gasteiger partial charge is 0.484 e. The number of benzene rings is 1. The van der Waals surface area contributed by atoms with E-state index < -0.39 is 12.8 Å². The van der Waals surface area contributed by atoms with Crippen LogP contribution < -0.4 is 15.4 Å². The van der Waals surface area contributed by atoms with Crippen LogP contribution in [0.2, 0.25) is 0 Å². The number of nitrogens with one attached hydrogen (secondary N) is 2. The van der Waals surface area contributed by atoms with Gasteiger partial charge in [0.15, 0.2) is 12.6 Å². The highest BCUT2D eigenvalue weighted by Crippen LogP contribution is 2.23. The van der Waals surface area contributed by atoms with E-state index >= 15 is 0 Å². The summed E-state index contributed by atoms with van der Waals surface area (Å²) >= 11 is 0. The minimum Gasteiger partial charge on any atom is -0.484 e. The van der Waals surface area contributed by atoms with Crippen LogP contribution in [0.25, 0.3) is 0 Å². The molecule has 0 bridgehead atoms. The van der Waals surface area contributed by atoms with E-state index in [1.165, 1.54) is 6.26 Å². The number of ether oxygens (including phenoxy) is 1. The number of hydrogen-bond donors (Lipinski definition) is 2. The molecule has 26 heavy (non-hydrogen) atoms. The Balaban J connectivity index is 0.00000338. The number of nitrogens with zero attached hydrogens (tertiary/aromatic N) is 2. The second-order valence-corrected chi connectivity index (χ2v) is 5.29. The quantitative estimate of drug-likeness (QED) is 0.374. The van der Waals surface area contributed by atoms with Crippen molar-refractivity contribution in [2.45, 2.75) is 26.2 Å². The van der Waals surface area contributed by atoms with E-state index in [9.17, 15) is 13.2 Å². The lowest BCUT2D eigenvalue weighted by Gasteiger charge is -2.16. The number of aliphatic imine (C=N–C) groups is 1. The molecule has 2 N–H and O–H groups in total. The normalized spacial score (nSPS) is 11.7. The highest BCUT2D eigenvalue weighted by molar-refractivity contribution is 14.0. The van der Waals surface area contributed by atoms with E-state index in [1.54, 1.807) is 32.2 Å². The molecule has 0 aliphatic heterocycles. The van der Waals surface area contributed by atoms with Gasteiger partial charge in [0.05, 0.1) is 6.54 Å². The van der Waals surface area contributed by atoms with Crippen molar-refractivity contribution >= 4 is 29.9 Å². The maximum atomic E-state index is 12.4. The van der Waals surface area contributed by atoms with Gasteiger partial charge in [0.25, 0.3) is 0 Å². The van der Waals surface area contributed by atoms with Crippen LogP contribution in [0, 0.1) is 6.92 Å². The number of rotatable bonds is 6. The Bertz CT molecular complexity index is 706. The van der Waals surface area contributed by atoms with E-state index in [0.717, 1.165) is 5.56 Å². The fraction of sp³-hybridized carbons (Fsp3) is 0.375. The maximum Gasteiger partial charge on any atom is 0.422 e. The molecular weight excluding hydrogens is 464 g/mol.